The second-order valence-electron chi connectivity index (χ2n) is 17.2. The standard InChI is InChI=1S/C35H57N3O4S/c1-30(2)23-12-15-33(6)24(32(23,5)19-22-28(30)38-29(43-22)37-26(40)10-9-17-36)18-21(39)27-20(11-14-34(27,33)7)35(8)16-13-25(42-35)31(3,4)41/h20-21,23-25,27,39,41H,9-19,36H2,1-8H3,(H,37,38,40)/t20-,21+,23-,24+,25+,27-,32-,33+,34+,35-/m0/s1. The Morgan fingerprint density at radius 1 is 1.07 bits per heavy atom. The molecule has 0 spiro atoms. The number of ether oxygens (including phenoxy) is 1. The predicted molar refractivity (Wildman–Crippen MR) is 172 cm³/mol. The molecule has 0 bridgehead atoms. The van der Waals surface area contributed by atoms with Crippen molar-refractivity contribution >= 4 is 22.4 Å². The Morgan fingerprint density at radius 2 is 1.77 bits per heavy atom. The number of aliphatic hydroxyl groups is 2. The highest BCUT2D eigenvalue weighted by molar-refractivity contribution is 7.15. The van der Waals surface area contributed by atoms with Crippen molar-refractivity contribution in [2.45, 2.75) is 148 Å². The highest BCUT2D eigenvalue weighted by Gasteiger charge is 2.72. The van der Waals surface area contributed by atoms with E-state index in [1.54, 1.807) is 11.3 Å². The van der Waals surface area contributed by atoms with Crippen molar-refractivity contribution in [3.63, 3.8) is 0 Å². The number of nitrogens with zero attached hydrogens (tertiary/aromatic N) is 1. The lowest BCUT2D eigenvalue weighted by Gasteiger charge is -2.69. The van der Waals surface area contributed by atoms with E-state index in [4.69, 9.17) is 15.5 Å². The molecule has 242 valence electrons. The summed E-state index contributed by atoms with van der Waals surface area (Å²) >= 11 is 1.66. The third-order valence-corrected chi connectivity index (χ3v) is 15.1. The van der Waals surface area contributed by atoms with E-state index >= 15 is 0 Å². The fraction of sp³-hybridized carbons (Fsp3) is 0.886. The number of fused-ring (bicyclic) bond motifs is 6. The maximum Gasteiger partial charge on any atom is 0.226 e. The fourth-order valence-corrected chi connectivity index (χ4v) is 13.2. The van der Waals surface area contributed by atoms with Crippen LogP contribution in [0.4, 0.5) is 5.13 Å². The molecule has 10 atom stereocenters. The summed E-state index contributed by atoms with van der Waals surface area (Å²) in [5.41, 5.74) is 5.66. The normalized spacial score (nSPS) is 45.2. The Bertz CT molecular complexity index is 1260. The Kier molecular flexibility index (Phi) is 7.58. The Hall–Kier alpha value is -1.06. The van der Waals surface area contributed by atoms with Gasteiger partial charge in [-0.2, -0.15) is 0 Å². The van der Waals surface area contributed by atoms with Gasteiger partial charge in [-0.1, -0.05) is 34.6 Å². The number of aliphatic hydroxyl groups excluding tert-OH is 1. The molecule has 1 aliphatic heterocycles. The van der Waals surface area contributed by atoms with E-state index in [2.05, 4.69) is 46.9 Å². The minimum atomic E-state index is -0.856. The lowest BCUT2D eigenvalue weighted by atomic mass is 9.35. The van der Waals surface area contributed by atoms with Crippen molar-refractivity contribution < 1.29 is 19.7 Å². The lowest BCUT2D eigenvalue weighted by Crippen LogP contribution is -2.66. The molecular formula is C35H57N3O4S. The number of hydrogen-bond donors (Lipinski definition) is 4. The first-order chi connectivity index (χ1) is 19.9. The molecule has 5 aliphatic rings. The number of carbonyl (C=O) groups excluding carboxylic acids is 1. The molecular weight excluding hydrogens is 558 g/mol. The number of carbonyl (C=O) groups is 1. The van der Waals surface area contributed by atoms with Crippen LogP contribution in [0, 0.1) is 39.9 Å². The van der Waals surface area contributed by atoms with Crippen LogP contribution in [0.2, 0.25) is 0 Å². The first kappa shape index (κ1) is 31.9. The minimum absolute atomic E-state index is 0.00970. The van der Waals surface area contributed by atoms with Gasteiger partial charge in [0.25, 0.3) is 0 Å². The number of nitrogens with one attached hydrogen (secondary N) is 1. The Labute approximate surface area is 263 Å². The second kappa shape index (κ2) is 10.2. The molecule has 8 heteroatoms. The van der Waals surface area contributed by atoms with Crippen LogP contribution in [0.1, 0.15) is 124 Å². The first-order valence-electron chi connectivity index (χ1n) is 17.0. The van der Waals surface area contributed by atoms with Gasteiger partial charge in [0.2, 0.25) is 5.91 Å². The van der Waals surface area contributed by atoms with Crippen molar-refractivity contribution in [3.05, 3.63) is 10.6 Å². The van der Waals surface area contributed by atoms with E-state index < -0.39 is 5.60 Å². The van der Waals surface area contributed by atoms with Gasteiger partial charge in [0.05, 0.1) is 29.1 Å². The van der Waals surface area contributed by atoms with Crippen LogP contribution in [-0.4, -0.2) is 51.1 Å². The molecule has 0 unspecified atom stereocenters. The Balaban J connectivity index is 1.31. The number of amides is 1. The van der Waals surface area contributed by atoms with Crippen molar-refractivity contribution in [2.75, 3.05) is 11.9 Å². The molecule has 1 saturated heterocycles. The first-order valence-corrected chi connectivity index (χ1v) is 17.8. The molecule has 4 fully saturated rings. The molecule has 7 nitrogen and oxygen atoms in total. The summed E-state index contributed by atoms with van der Waals surface area (Å²) in [4.78, 5) is 18.9. The monoisotopic (exact) mass is 615 g/mol. The molecule has 4 aliphatic carbocycles. The van der Waals surface area contributed by atoms with Gasteiger partial charge in [0.1, 0.15) is 0 Å². The zero-order valence-electron chi connectivity index (χ0n) is 27.9. The minimum Gasteiger partial charge on any atom is -0.393 e. The maximum absolute atomic E-state index is 12.5. The molecule has 1 amide bonds. The summed E-state index contributed by atoms with van der Waals surface area (Å²) in [5.74, 6) is 1.34. The summed E-state index contributed by atoms with van der Waals surface area (Å²) in [5, 5.41) is 26.7. The molecule has 6 rings (SSSR count). The maximum atomic E-state index is 12.5. The largest absolute Gasteiger partial charge is 0.393 e. The molecule has 1 aromatic rings. The highest BCUT2D eigenvalue weighted by Crippen LogP contribution is 2.76. The van der Waals surface area contributed by atoms with Crippen molar-refractivity contribution in [3.8, 4) is 0 Å². The summed E-state index contributed by atoms with van der Waals surface area (Å²) < 4.78 is 6.73. The summed E-state index contributed by atoms with van der Waals surface area (Å²) in [6.07, 6.45) is 8.70. The third-order valence-electron chi connectivity index (χ3n) is 14.1. The average molecular weight is 616 g/mol. The number of hydrogen-bond acceptors (Lipinski definition) is 7. The van der Waals surface area contributed by atoms with E-state index in [1.807, 2.05) is 13.8 Å². The molecule has 43 heavy (non-hydrogen) atoms. The van der Waals surface area contributed by atoms with Gasteiger partial charge in [-0.05, 0) is 125 Å². The molecule has 3 saturated carbocycles. The SMILES string of the molecule is CC(C)(O)[C@H]1CC[C@@](C)([C@H]2CC[C@]3(C)[C@@H]2[C@H](O)C[C@@H]2[C@@]4(C)Cc5sc(NC(=O)CCCN)nc5C(C)(C)[C@@H]4CC[C@]23C)O1. The fourth-order valence-electron chi connectivity index (χ4n) is 11.9. The highest BCUT2D eigenvalue weighted by atomic mass is 32.1. The number of aromatic nitrogens is 1. The van der Waals surface area contributed by atoms with E-state index in [9.17, 15) is 15.0 Å². The van der Waals surface area contributed by atoms with E-state index in [0.717, 1.165) is 50.6 Å². The number of anilines is 1. The van der Waals surface area contributed by atoms with E-state index in [1.165, 1.54) is 11.3 Å². The van der Waals surface area contributed by atoms with Crippen LogP contribution in [0.5, 0.6) is 0 Å². The van der Waals surface area contributed by atoms with Crippen LogP contribution in [0.15, 0.2) is 0 Å². The van der Waals surface area contributed by atoms with Gasteiger partial charge in [0.15, 0.2) is 5.13 Å². The van der Waals surface area contributed by atoms with Gasteiger partial charge in [-0.3, -0.25) is 4.79 Å². The summed E-state index contributed by atoms with van der Waals surface area (Å²) in [7, 11) is 0. The van der Waals surface area contributed by atoms with Gasteiger partial charge >= 0.3 is 0 Å². The molecule has 5 N–H and O–H groups in total. The van der Waals surface area contributed by atoms with Gasteiger partial charge in [-0.15, -0.1) is 11.3 Å². The lowest BCUT2D eigenvalue weighted by molar-refractivity contribution is -0.227. The van der Waals surface area contributed by atoms with Gasteiger partial charge in [-0.25, -0.2) is 4.98 Å². The number of thiazole rings is 1. The molecule has 1 aromatic heterocycles. The second-order valence-corrected chi connectivity index (χ2v) is 18.3. The zero-order chi connectivity index (χ0) is 31.4. The van der Waals surface area contributed by atoms with E-state index in [-0.39, 0.29) is 51.3 Å². The van der Waals surface area contributed by atoms with Crippen LogP contribution in [0.25, 0.3) is 0 Å². The molecule has 0 aromatic carbocycles. The van der Waals surface area contributed by atoms with E-state index in [0.29, 0.717) is 42.3 Å². The molecule has 0 radical (unpaired) electrons. The molecule has 2 heterocycles. The third kappa shape index (κ3) is 4.62. The number of nitrogens with two attached hydrogens (primary N) is 1. The van der Waals surface area contributed by atoms with Gasteiger partial charge < -0.3 is 26.0 Å². The Morgan fingerprint density at radius 3 is 2.42 bits per heavy atom. The summed E-state index contributed by atoms with van der Waals surface area (Å²) in [6, 6.07) is 0. The van der Waals surface area contributed by atoms with Crippen molar-refractivity contribution in [1.82, 2.24) is 4.98 Å². The smallest absolute Gasteiger partial charge is 0.226 e. The summed E-state index contributed by atoms with van der Waals surface area (Å²) in [6.45, 7) is 18.8. The van der Waals surface area contributed by atoms with Crippen LogP contribution < -0.4 is 11.1 Å². The van der Waals surface area contributed by atoms with Crippen molar-refractivity contribution in [1.29, 1.82) is 0 Å². The topological polar surface area (TPSA) is 118 Å². The van der Waals surface area contributed by atoms with Crippen LogP contribution in [-0.2, 0) is 21.4 Å². The van der Waals surface area contributed by atoms with Gasteiger partial charge in [0, 0.05) is 16.7 Å². The number of rotatable bonds is 6. The van der Waals surface area contributed by atoms with Crippen LogP contribution >= 0.6 is 11.3 Å². The average Bonchev–Trinajstić information content (AvgIpc) is 3.60. The quantitative estimate of drug-likeness (QED) is 0.303. The van der Waals surface area contributed by atoms with Crippen molar-refractivity contribution in [2.24, 2.45) is 45.7 Å². The predicted octanol–water partition coefficient (Wildman–Crippen LogP) is 6.20. The van der Waals surface area contributed by atoms with Crippen LogP contribution in [0.3, 0.4) is 0 Å². The zero-order valence-corrected chi connectivity index (χ0v) is 28.7.